The Labute approximate surface area is 106 Å². The Morgan fingerprint density at radius 2 is 2.12 bits per heavy atom. The van der Waals surface area contributed by atoms with Gasteiger partial charge in [0, 0.05) is 31.8 Å². The van der Waals surface area contributed by atoms with Crippen LogP contribution in [0.5, 0.6) is 0 Å². The van der Waals surface area contributed by atoms with Crippen LogP contribution in [0.25, 0.3) is 0 Å². The van der Waals surface area contributed by atoms with E-state index in [0.717, 1.165) is 25.2 Å². The highest BCUT2D eigenvalue weighted by molar-refractivity contribution is 4.87. The Morgan fingerprint density at radius 3 is 2.82 bits per heavy atom. The summed E-state index contributed by atoms with van der Waals surface area (Å²) in [6.45, 7) is 11.3. The topological polar surface area (TPSA) is 24.5 Å². The van der Waals surface area contributed by atoms with E-state index in [0.29, 0.717) is 0 Å². The number of hydrogen-bond donors (Lipinski definition) is 1. The Morgan fingerprint density at radius 1 is 1.29 bits per heavy atom. The molecular weight excluding hydrogens is 212 g/mol. The minimum atomic E-state index is 0.0762. The molecule has 2 fully saturated rings. The van der Waals surface area contributed by atoms with Gasteiger partial charge < -0.3 is 10.1 Å². The normalized spacial score (nSPS) is 35.5. The standard InChI is InChI=1S/C14H28N2O/c1-4-12-5-8-16(9-7-15-12)13-6-10-17-14(2,3)11-13/h12-13,15H,4-11H2,1-3H3. The predicted octanol–water partition coefficient (Wildman–Crippen LogP) is 2.02. The van der Waals surface area contributed by atoms with Crippen molar-refractivity contribution in [2.75, 3.05) is 26.2 Å². The van der Waals surface area contributed by atoms with Gasteiger partial charge in [0.1, 0.15) is 0 Å². The molecule has 3 nitrogen and oxygen atoms in total. The Hall–Kier alpha value is -0.120. The average molecular weight is 240 g/mol. The fourth-order valence-corrected chi connectivity index (χ4v) is 3.17. The number of rotatable bonds is 2. The van der Waals surface area contributed by atoms with Crippen LogP contribution in [0.1, 0.15) is 46.5 Å². The van der Waals surface area contributed by atoms with Gasteiger partial charge in [-0.1, -0.05) is 6.92 Å². The van der Waals surface area contributed by atoms with Crippen LogP contribution in [0.3, 0.4) is 0 Å². The van der Waals surface area contributed by atoms with Crippen molar-refractivity contribution in [2.45, 2.75) is 64.1 Å². The van der Waals surface area contributed by atoms with Crippen LogP contribution in [0, 0.1) is 0 Å². The third kappa shape index (κ3) is 3.67. The van der Waals surface area contributed by atoms with Gasteiger partial charge in [0.2, 0.25) is 0 Å². The highest BCUT2D eigenvalue weighted by Gasteiger charge is 2.32. The number of nitrogens with zero attached hydrogens (tertiary/aromatic N) is 1. The molecule has 0 aromatic carbocycles. The van der Waals surface area contributed by atoms with E-state index < -0.39 is 0 Å². The molecule has 3 heteroatoms. The van der Waals surface area contributed by atoms with Gasteiger partial charge >= 0.3 is 0 Å². The van der Waals surface area contributed by atoms with Crippen LogP contribution in [0.4, 0.5) is 0 Å². The highest BCUT2D eigenvalue weighted by Crippen LogP contribution is 2.27. The van der Waals surface area contributed by atoms with Crippen molar-refractivity contribution in [3.8, 4) is 0 Å². The molecule has 0 saturated carbocycles. The van der Waals surface area contributed by atoms with Crippen molar-refractivity contribution in [3.05, 3.63) is 0 Å². The lowest BCUT2D eigenvalue weighted by Crippen LogP contribution is -2.47. The first-order chi connectivity index (χ1) is 8.11. The summed E-state index contributed by atoms with van der Waals surface area (Å²) in [6.07, 6.45) is 4.95. The van der Waals surface area contributed by atoms with Crippen molar-refractivity contribution in [1.29, 1.82) is 0 Å². The molecule has 0 aromatic rings. The molecule has 0 spiro atoms. The summed E-state index contributed by atoms with van der Waals surface area (Å²) in [5.74, 6) is 0. The van der Waals surface area contributed by atoms with E-state index >= 15 is 0 Å². The average Bonchev–Trinajstić information content (AvgIpc) is 2.52. The van der Waals surface area contributed by atoms with Crippen molar-refractivity contribution in [1.82, 2.24) is 10.2 Å². The molecule has 0 amide bonds. The fourth-order valence-electron chi connectivity index (χ4n) is 3.17. The number of hydrogen-bond acceptors (Lipinski definition) is 3. The molecular formula is C14H28N2O. The molecule has 2 unspecified atom stereocenters. The van der Waals surface area contributed by atoms with Gasteiger partial charge in [-0.05, 0) is 46.1 Å². The summed E-state index contributed by atoms with van der Waals surface area (Å²) in [7, 11) is 0. The quantitative estimate of drug-likeness (QED) is 0.799. The van der Waals surface area contributed by atoms with Crippen LogP contribution < -0.4 is 5.32 Å². The Bertz CT molecular complexity index is 242. The minimum absolute atomic E-state index is 0.0762. The molecule has 2 rings (SSSR count). The second kappa shape index (κ2) is 5.68. The zero-order valence-electron chi connectivity index (χ0n) is 11.7. The predicted molar refractivity (Wildman–Crippen MR) is 71.3 cm³/mol. The molecule has 2 atom stereocenters. The van der Waals surface area contributed by atoms with Gasteiger partial charge in [-0.3, -0.25) is 4.90 Å². The fraction of sp³-hybridized carbons (Fsp3) is 1.00. The molecule has 0 aliphatic carbocycles. The molecule has 0 bridgehead atoms. The number of ether oxygens (including phenoxy) is 1. The van der Waals surface area contributed by atoms with Gasteiger partial charge in [0.05, 0.1) is 5.60 Å². The molecule has 2 aliphatic heterocycles. The van der Waals surface area contributed by atoms with Crippen molar-refractivity contribution in [2.24, 2.45) is 0 Å². The van der Waals surface area contributed by atoms with Crippen LogP contribution in [0.15, 0.2) is 0 Å². The lowest BCUT2D eigenvalue weighted by atomic mass is 9.92. The Kier molecular flexibility index (Phi) is 4.45. The molecule has 17 heavy (non-hydrogen) atoms. The van der Waals surface area contributed by atoms with Crippen molar-refractivity contribution >= 4 is 0 Å². The SMILES string of the molecule is CCC1CCN(C2CCOC(C)(C)C2)CCN1. The third-order valence-corrected chi connectivity index (χ3v) is 4.28. The van der Waals surface area contributed by atoms with Gasteiger partial charge in [-0.25, -0.2) is 0 Å². The van der Waals surface area contributed by atoms with Gasteiger partial charge in [0.15, 0.2) is 0 Å². The van der Waals surface area contributed by atoms with E-state index in [1.807, 2.05) is 0 Å². The lowest BCUT2D eigenvalue weighted by Gasteiger charge is -2.41. The second-order valence-electron chi connectivity index (χ2n) is 6.14. The summed E-state index contributed by atoms with van der Waals surface area (Å²) in [5.41, 5.74) is 0.0762. The smallest absolute Gasteiger partial charge is 0.0641 e. The van der Waals surface area contributed by atoms with Crippen LogP contribution >= 0.6 is 0 Å². The highest BCUT2D eigenvalue weighted by atomic mass is 16.5. The largest absolute Gasteiger partial charge is 0.375 e. The van der Waals surface area contributed by atoms with Gasteiger partial charge in [-0.2, -0.15) is 0 Å². The summed E-state index contributed by atoms with van der Waals surface area (Å²) in [5, 5.41) is 3.65. The minimum Gasteiger partial charge on any atom is -0.375 e. The van der Waals surface area contributed by atoms with Crippen molar-refractivity contribution < 1.29 is 4.74 Å². The van der Waals surface area contributed by atoms with E-state index in [4.69, 9.17) is 4.74 Å². The third-order valence-electron chi connectivity index (χ3n) is 4.28. The Balaban J connectivity index is 1.89. The van der Waals surface area contributed by atoms with Crippen LogP contribution in [-0.2, 0) is 4.74 Å². The van der Waals surface area contributed by atoms with Crippen LogP contribution in [-0.4, -0.2) is 48.8 Å². The second-order valence-corrected chi connectivity index (χ2v) is 6.14. The first-order valence-corrected chi connectivity index (χ1v) is 7.22. The van der Waals surface area contributed by atoms with E-state index in [2.05, 4.69) is 31.0 Å². The summed E-state index contributed by atoms with van der Waals surface area (Å²) in [6, 6.07) is 1.46. The first kappa shape index (κ1) is 13.3. The summed E-state index contributed by atoms with van der Waals surface area (Å²) in [4.78, 5) is 2.69. The molecule has 0 radical (unpaired) electrons. The van der Waals surface area contributed by atoms with E-state index in [1.165, 1.54) is 38.8 Å². The maximum absolute atomic E-state index is 5.82. The number of nitrogens with one attached hydrogen (secondary N) is 1. The first-order valence-electron chi connectivity index (χ1n) is 7.22. The van der Waals surface area contributed by atoms with Crippen molar-refractivity contribution in [3.63, 3.8) is 0 Å². The molecule has 1 N–H and O–H groups in total. The van der Waals surface area contributed by atoms with Crippen LogP contribution in [0.2, 0.25) is 0 Å². The zero-order valence-corrected chi connectivity index (χ0v) is 11.7. The summed E-state index contributed by atoms with van der Waals surface area (Å²) < 4.78 is 5.82. The monoisotopic (exact) mass is 240 g/mol. The van der Waals surface area contributed by atoms with E-state index in [1.54, 1.807) is 0 Å². The van der Waals surface area contributed by atoms with E-state index in [-0.39, 0.29) is 5.60 Å². The maximum Gasteiger partial charge on any atom is 0.0641 e. The molecule has 2 aliphatic rings. The summed E-state index contributed by atoms with van der Waals surface area (Å²) >= 11 is 0. The van der Waals surface area contributed by atoms with E-state index in [9.17, 15) is 0 Å². The molecule has 2 saturated heterocycles. The van der Waals surface area contributed by atoms with Gasteiger partial charge in [-0.15, -0.1) is 0 Å². The zero-order chi connectivity index (χ0) is 12.3. The molecule has 0 aromatic heterocycles. The lowest BCUT2D eigenvalue weighted by molar-refractivity contribution is -0.0824. The molecule has 2 heterocycles. The maximum atomic E-state index is 5.82. The van der Waals surface area contributed by atoms with Gasteiger partial charge in [0.25, 0.3) is 0 Å². The molecule has 100 valence electrons.